The summed E-state index contributed by atoms with van der Waals surface area (Å²) in [6.07, 6.45) is 1.49. The molecule has 1 aromatic carbocycles. The van der Waals surface area contributed by atoms with E-state index in [4.69, 9.17) is 11.6 Å². The molecule has 1 aliphatic heterocycles. The number of allylic oxidation sites excluding steroid dienone is 1. The van der Waals surface area contributed by atoms with Crippen molar-refractivity contribution in [3.63, 3.8) is 0 Å². The third-order valence-electron chi connectivity index (χ3n) is 5.37. The number of benzene rings is 1. The molecule has 2 aromatic rings. The van der Waals surface area contributed by atoms with Crippen LogP contribution in [0.4, 0.5) is 0 Å². The van der Waals surface area contributed by atoms with Crippen LogP contribution in [0, 0.1) is 19.3 Å². The van der Waals surface area contributed by atoms with Gasteiger partial charge in [-0.05, 0) is 31.5 Å². The number of Topliss-reactive ketones (excluding diaryl/α,β-unsaturated/α-hetero) is 1. The molecule has 1 aromatic heterocycles. The number of carbonyl (C=O) groups excluding carboxylic acids is 3. The van der Waals surface area contributed by atoms with E-state index in [0.29, 0.717) is 22.2 Å². The molecule has 2 heterocycles. The lowest BCUT2D eigenvalue weighted by Gasteiger charge is -2.19. The molecule has 0 saturated carbocycles. The number of nitrogens with zero attached hydrogens (tertiary/aromatic N) is 2. The Morgan fingerprint density at radius 1 is 1.19 bits per heavy atom. The van der Waals surface area contributed by atoms with Gasteiger partial charge >= 0.3 is 0 Å². The van der Waals surface area contributed by atoms with Crippen molar-refractivity contribution < 1.29 is 14.4 Å². The van der Waals surface area contributed by atoms with Gasteiger partial charge in [-0.25, -0.2) is 0 Å². The van der Waals surface area contributed by atoms with E-state index in [0.717, 1.165) is 17.0 Å². The Bertz CT molecular complexity index is 1080. The molecule has 0 N–H and O–H groups in total. The van der Waals surface area contributed by atoms with Gasteiger partial charge in [-0.1, -0.05) is 62.3 Å². The standard InChI is InChI=1S/C24H27ClN2O3S/c1-15-10-18(16(2)26(15)12-17-8-6-7-9-19(17)25)20(28)13-27-22(30)14-31-23(27)11-21(29)24(3,4)5/h6-11H,12-14H2,1-5H3/b23-11-. The van der Waals surface area contributed by atoms with E-state index in [1.807, 2.05) is 65.0 Å². The first-order chi connectivity index (χ1) is 14.5. The van der Waals surface area contributed by atoms with Crippen LogP contribution in [0.1, 0.15) is 48.1 Å². The van der Waals surface area contributed by atoms with E-state index in [1.54, 1.807) is 0 Å². The second-order valence-electron chi connectivity index (χ2n) is 8.75. The molecule has 31 heavy (non-hydrogen) atoms. The number of amides is 1. The van der Waals surface area contributed by atoms with Crippen molar-refractivity contribution in [1.29, 1.82) is 0 Å². The van der Waals surface area contributed by atoms with E-state index >= 15 is 0 Å². The molecule has 0 spiro atoms. The predicted molar refractivity (Wildman–Crippen MR) is 126 cm³/mol. The van der Waals surface area contributed by atoms with Crippen LogP contribution in [0.25, 0.3) is 0 Å². The topological polar surface area (TPSA) is 59.4 Å². The molecule has 7 heteroatoms. The number of hydrogen-bond donors (Lipinski definition) is 0. The number of ketones is 2. The average Bonchev–Trinajstić information content (AvgIpc) is 3.17. The van der Waals surface area contributed by atoms with Gasteiger partial charge in [0.25, 0.3) is 0 Å². The maximum absolute atomic E-state index is 13.1. The van der Waals surface area contributed by atoms with Gasteiger partial charge in [0.15, 0.2) is 11.6 Å². The molecule has 0 bridgehead atoms. The zero-order valence-corrected chi connectivity index (χ0v) is 20.1. The molecule has 0 aliphatic carbocycles. The Hall–Kier alpha value is -2.31. The number of rotatable bonds is 6. The van der Waals surface area contributed by atoms with Gasteiger partial charge in [0.2, 0.25) is 5.91 Å². The highest BCUT2D eigenvalue weighted by Gasteiger charge is 2.31. The van der Waals surface area contributed by atoms with Crippen molar-refractivity contribution in [3.8, 4) is 0 Å². The molecule has 5 nitrogen and oxygen atoms in total. The van der Waals surface area contributed by atoms with Crippen molar-refractivity contribution in [2.24, 2.45) is 5.41 Å². The molecule has 3 rings (SSSR count). The summed E-state index contributed by atoms with van der Waals surface area (Å²) in [7, 11) is 0. The minimum absolute atomic E-state index is 0.0694. The van der Waals surface area contributed by atoms with Crippen LogP contribution < -0.4 is 0 Å². The lowest BCUT2D eigenvalue weighted by atomic mass is 9.91. The fourth-order valence-corrected chi connectivity index (χ4v) is 4.52. The molecule has 164 valence electrons. The molecule has 0 atom stereocenters. The maximum atomic E-state index is 13.1. The van der Waals surface area contributed by atoms with Crippen LogP contribution in [0.2, 0.25) is 5.02 Å². The molecule has 1 saturated heterocycles. The second kappa shape index (κ2) is 9.05. The summed E-state index contributed by atoms with van der Waals surface area (Å²) in [4.78, 5) is 39.4. The molecular formula is C24H27ClN2O3S. The number of thioether (sulfide) groups is 1. The van der Waals surface area contributed by atoms with Gasteiger partial charge in [0.1, 0.15) is 0 Å². The number of hydrogen-bond acceptors (Lipinski definition) is 4. The third kappa shape index (κ3) is 5.13. The first kappa shape index (κ1) is 23.4. The highest BCUT2D eigenvalue weighted by Crippen LogP contribution is 2.31. The predicted octanol–water partition coefficient (Wildman–Crippen LogP) is 5.02. The normalized spacial score (nSPS) is 15.7. The van der Waals surface area contributed by atoms with E-state index in [-0.39, 0.29) is 29.8 Å². The fourth-order valence-electron chi connectivity index (χ4n) is 3.38. The van der Waals surface area contributed by atoms with E-state index < -0.39 is 5.41 Å². The Labute approximate surface area is 192 Å². The molecule has 1 aliphatic rings. The lowest BCUT2D eigenvalue weighted by Crippen LogP contribution is -2.31. The van der Waals surface area contributed by atoms with Crippen molar-refractivity contribution >= 4 is 40.8 Å². The SMILES string of the molecule is Cc1cc(C(=O)CN2C(=O)CS/C2=C\C(=O)C(C)(C)C)c(C)n1Cc1ccccc1Cl. The summed E-state index contributed by atoms with van der Waals surface area (Å²) in [6, 6.07) is 9.49. The summed E-state index contributed by atoms with van der Waals surface area (Å²) in [6.45, 7) is 9.83. The first-order valence-corrected chi connectivity index (χ1v) is 11.5. The number of carbonyl (C=O) groups is 3. The van der Waals surface area contributed by atoms with Crippen molar-refractivity contribution in [3.05, 3.63) is 69.0 Å². The van der Waals surface area contributed by atoms with Crippen LogP contribution in [0.5, 0.6) is 0 Å². The largest absolute Gasteiger partial charge is 0.344 e. The van der Waals surface area contributed by atoms with Gasteiger partial charge in [-0.15, -0.1) is 0 Å². The monoisotopic (exact) mass is 458 g/mol. The van der Waals surface area contributed by atoms with E-state index in [2.05, 4.69) is 4.57 Å². The molecule has 0 unspecified atom stereocenters. The number of halogens is 1. The Morgan fingerprint density at radius 3 is 2.52 bits per heavy atom. The molecule has 0 radical (unpaired) electrons. The van der Waals surface area contributed by atoms with Gasteiger partial charge in [-0.3, -0.25) is 19.3 Å². The second-order valence-corrected chi connectivity index (χ2v) is 10.2. The summed E-state index contributed by atoms with van der Waals surface area (Å²) >= 11 is 7.61. The van der Waals surface area contributed by atoms with Gasteiger partial charge < -0.3 is 4.57 Å². The highest BCUT2D eigenvalue weighted by atomic mass is 35.5. The van der Waals surface area contributed by atoms with E-state index in [9.17, 15) is 14.4 Å². The number of aromatic nitrogens is 1. The van der Waals surface area contributed by atoms with Gasteiger partial charge in [0.05, 0.1) is 17.3 Å². The zero-order chi connectivity index (χ0) is 22.9. The van der Waals surface area contributed by atoms with Crippen LogP contribution >= 0.6 is 23.4 Å². The van der Waals surface area contributed by atoms with Crippen molar-refractivity contribution in [2.45, 2.75) is 41.2 Å². The van der Waals surface area contributed by atoms with Crippen LogP contribution in [-0.4, -0.2) is 39.2 Å². The quantitative estimate of drug-likeness (QED) is 0.450. The summed E-state index contributed by atoms with van der Waals surface area (Å²) in [5.41, 5.74) is 2.79. The maximum Gasteiger partial charge on any atom is 0.238 e. The first-order valence-electron chi connectivity index (χ1n) is 10.1. The average molecular weight is 459 g/mol. The Kier molecular flexibility index (Phi) is 6.82. The van der Waals surface area contributed by atoms with Gasteiger partial charge in [-0.2, -0.15) is 0 Å². The minimum atomic E-state index is -0.543. The minimum Gasteiger partial charge on any atom is -0.344 e. The summed E-state index contributed by atoms with van der Waals surface area (Å²) in [5.74, 6) is -0.137. The zero-order valence-electron chi connectivity index (χ0n) is 18.5. The highest BCUT2D eigenvalue weighted by molar-refractivity contribution is 8.04. The number of aryl methyl sites for hydroxylation is 1. The molecule has 1 fully saturated rings. The van der Waals surface area contributed by atoms with Crippen molar-refractivity contribution in [1.82, 2.24) is 9.47 Å². The molecule has 1 amide bonds. The molecular weight excluding hydrogens is 432 g/mol. The Morgan fingerprint density at radius 2 is 1.87 bits per heavy atom. The van der Waals surface area contributed by atoms with Crippen molar-refractivity contribution in [2.75, 3.05) is 12.3 Å². The third-order valence-corrected chi connectivity index (χ3v) is 6.76. The summed E-state index contributed by atoms with van der Waals surface area (Å²) < 4.78 is 2.05. The van der Waals surface area contributed by atoms with Crippen LogP contribution in [-0.2, 0) is 16.1 Å². The lowest BCUT2D eigenvalue weighted by molar-refractivity contribution is -0.125. The summed E-state index contributed by atoms with van der Waals surface area (Å²) in [5, 5.41) is 1.23. The fraction of sp³-hybridized carbons (Fsp3) is 0.375. The van der Waals surface area contributed by atoms with Gasteiger partial charge in [0, 0.05) is 40.0 Å². The van der Waals surface area contributed by atoms with Crippen LogP contribution in [0.3, 0.4) is 0 Å². The Balaban J connectivity index is 1.83. The van der Waals surface area contributed by atoms with E-state index in [1.165, 1.54) is 22.7 Å². The van der Waals surface area contributed by atoms with Crippen LogP contribution in [0.15, 0.2) is 41.4 Å². The smallest absolute Gasteiger partial charge is 0.238 e.